The molecule has 29 heavy (non-hydrogen) atoms. The Balaban J connectivity index is 2.21. The zero-order valence-corrected chi connectivity index (χ0v) is 17.0. The van der Waals surface area contributed by atoms with E-state index < -0.39 is 24.0 Å². The van der Waals surface area contributed by atoms with E-state index in [1.165, 1.54) is 13.2 Å². The Bertz CT molecular complexity index is 804. The molecule has 0 aromatic heterocycles. The van der Waals surface area contributed by atoms with Crippen molar-refractivity contribution in [3.63, 3.8) is 0 Å². The number of carbonyl (C=O) groups excluding carboxylic acids is 3. The zero-order chi connectivity index (χ0) is 21.4. The number of nitrogens with one attached hydrogen (secondary N) is 2. The van der Waals surface area contributed by atoms with Crippen molar-refractivity contribution in [2.45, 2.75) is 33.2 Å². The minimum absolute atomic E-state index is 0.186. The van der Waals surface area contributed by atoms with Crippen LogP contribution in [-0.4, -0.2) is 50.9 Å². The normalized spacial score (nSPS) is 15.9. The molecule has 2 rings (SSSR count). The lowest BCUT2D eigenvalue weighted by molar-refractivity contribution is -0.139. The molecule has 0 spiro atoms. The quantitative estimate of drug-likeness (QED) is 0.604. The first kappa shape index (κ1) is 22.1. The van der Waals surface area contributed by atoms with Crippen molar-refractivity contribution in [2.75, 3.05) is 26.9 Å². The molecule has 1 aliphatic heterocycles. The van der Waals surface area contributed by atoms with Gasteiger partial charge in [-0.15, -0.1) is 0 Å². The highest BCUT2D eigenvalue weighted by molar-refractivity contribution is 5.95. The lowest BCUT2D eigenvalue weighted by atomic mass is 10.0. The molecule has 1 aromatic carbocycles. The first-order chi connectivity index (χ1) is 13.9. The smallest absolute Gasteiger partial charge is 0.338 e. The third kappa shape index (κ3) is 5.40. The van der Waals surface area contributed by atoms with E-state index in [2.05, 4.69) is 10.6 Å². The largest absolute Gasteiger partial charge is 0.493 e. The molecule has 0 fully saturated rings. The standard InChI is InChI=1S/C20H26N2O7/c1-5-13-17(19(24)28-7-3)14(22-20(25)21-13)11-29-18(23)12-8-9-15(27-6-2)16(10-12)26-4/h8-10,13H,5-7,11H2,1-4H3,(H2,21,22,25)/t13-/m0/s1. The summed E-state index contributed by atoms with van der Waals surface area (Å²) in [4.78, 5) is 36.7. The minimum Gasteiger partial charge on any atom is -0.493 e. The van der Waals surface area contributed by atoms with Gasteiger partial charge in [-0.1, -0.05) is 6.92 Å². The monoisotopic (exact) mass is 406 g/mol. The van der Waals surface area contributed by atoms with Crippen LogP contribution in [0.4, 0.5) is 4.79 Å². The molecule has 0 unspecified atom stereocenters. The van der Waals surface area contributed by atoms with Crippen molar-refractivity contribution in [2.24, 2.45) is 0 Å². The molecule has 0 radical (unpaired) electrons. The van der Waals surface area contributed by atoms with Gasteiger partial charge < -0.3 is 29.6 Å². The Kier molecular flexibility index (Phi) is 7.88. The maximum atomic E-state index is 12.5. The van der Waals surface area contributed by atoms with Gasteiger partial charge in [0.1, 0.15) is 6.61 Å². The van der Waals surface area contributed by atoms with Crippen LogP contribution in [-0.2, 0) is 14.3 Å². The predicted molar refractivity (Wildman–Crippen MR) is 104 cm³/mol. The van der Waals surface area contributed by atoms with Crippen LogP contribution >= 0.6 is 0 Å². The van der Waals surface area contributed by atoms with Crippen LogP contribution in [0.5, 0.6) is 11.5 Å². The van der Waals surface area contributed by atoms with Gasteiger partial charge in [0.15, 0.2) is 11.5 Å². The molecular weight excluding hydrogens is 380 g/mol. The fourth-order valence-electron chi connectivity index (χ4n) is 2.87. The van der Waals surface area contributed by atoms with Crippen LogP contribution in [0.25, 0.3) is 0 Å². The van der Waals surface area contributed by atoms with E-state index in [9.17, 15) is 14.4 Å². The number of benzene rings is 1. The van der Waals surface area contributed by atoms with Crippen LogP contribution in [0.15, 0.2) is 29.5 Å². The summed E-state index contributed by atoms with van der Waals surface area (Å²) in [6.07, 6.45) is 0.481. The number of hydrogen-bond donors (Lipinski definition) is 2. The Morgan fingerprint density at radius 2 is 1.79 bits per heavy atom. The summed E-state index contributed by atoms with van der Waals surface area (Å²) in [5.41, 5.74) is 0.687. The molecule has 1 atom stereocenters. The number of amides is 2. The van der Waals surface area contributed by atoms with Crippen molar-refractivity contribution in [1.82, 2.24) is 10.6 Å². The topological polar surface area (TPSA) is 112 Å². The Morgan fingerprint density at radius 1 is 1.03 bits per heavy atom. The number of hydrogen-bond acceptors (Lipinski definition) is 7. The number of rotatable bonds is 9. The maximum Gasteiger partial charge on any atom is 0.338 e. The van der Waals surface area contributed by atoms with Crippen LogP contribution in [0, 0.1) is 0 Å². The molecule has 1 heterocycles. The number of esters is 2. The fraction of sp³-hybridized carbons (Fsp3) is 0.450. The fourth-order valence-corrected chi connectivity index (χ4v) is 2.87. The molecule has 0 bridgehead atoms. The second-order valence-electron chi connectivity index (χ2n) is 6.05. The first-order valence-electron chi connectivity index (χ1n) is 9.40. The second kappa shape index (κ2) is 10.4. The summed E-state index contributed by atoms with van der Waals surface area (Å²) >= 11 is 0. The molecule has 0 aliphatic carbocycles. The number of urea groups is 1. The van der Waals surface area contributed by atoms with E-state index in [1.807, 2.05) is 13.8 Å². The van der Waals surface area contributed by atoms with Gasteiger partial charge in [-0.05, 0) is 38.5 Å². The number of methoxy groups -OCH3 is 1. The number of carbonyl (C=O) groups is 3. The van der Waals surface area contributed by atoms with Gasteiger partial charge >= 0.3 is 18.0 Å². The molecule has 0 saturated carbocycles. The highest BCUT2D eigenvalue weighted by Gasteiger charge is 2.32. The average Bonchev–Trinajstić information content (AvgIpc) is 2.71. The van der Waals surface area contributed by atoms with Gasteiger partial charge in [0, 0.05) is 0 Å². The van der Waals surface area contributed by atoms with Crippen molar-refractivity contribution in [3.05, 3.63) is 35.0 Å². The van der Waals surface area contributed by atoms with Crippen LogP contribution < -0.4 is 20.1 Å². The summed E-state index contributed by atoms with van der Waals surface area (Å²) < 4.78 is 21.1. The lowest BCUT2D eigenvalue weighted by Gasteiger charge is -2.28. The van der Waals surface area contributed by atoms with Crippen LogP contribution in [0.3, 0.4) is 0 Å². The second-order valence-corrected chi connectivity index (χ2v) is 6.05. The lowest BCUT2D eigenvalue weighted by Crippen LogP contribution is -2.51. The Labute approximate surface area is 169 Å². The van der Waals surface area contributed by atoms with Gasteiger partial charge in [0.2, 0.25) is 0 Å². The van der Waals surface area contributed by atoms with Gasteiger partial charge in [0.05, 0.1) is 43.2 Å². The summed E-state index contributed by atoms with van der Waals surface area (Å²) in [6, 6.07) is 3.67. The van der Waals surface area contributed by atoms with E-state index in [1.54, 1.807) is 19.1 Å². The van der Waals surface area contributed by atoms with E-state index in [-0.39, 0.29) is 30.0 Å². The summed E-state index contributed by atoms with van der Waals surface area (Å²) in [5.74, 6) is -0.298. The van der Waals surface area contributed by atoms with Crippen LogP contribution in [0.1, 0.15) is 37.6 Å². The first-order valence-corrected chi connectivity index (χ1v) is 9.40. The summed E-state index contributed by atoms with van der Waals surface area (Å²) in [6.45, 7) is 5.71. The van der Waals surface area contributed by atoms with Gasteiger partial charge in [-0.3, -0.25) is 0 Å². The molecule has 158 valence electrons. The van der Waals surface area contributed by atoms with Crippen molar-refractivity contribution >= 4 is 18.0 Å². The van der Waals surface area contributed by atoms with Crippen molar-refractivity contribution in [3.8, 4) is 11.5 Å². The SMILES string of the molecule is CCOC(=O)C1=C(COC(=O)c2ccc(OCC)c(OC)c2)NC(=O)N[C@H]1CC. The summed E-state index contributed by atoms with van der Waals surface area (Å²) in [5, 5.41) is 5.19. The minimum atomic E-state index is -0.636. The highest BCUT2D eigenvalue weighted by Crippen LogP contribution is 2.28. The maximum absolute atomic E-state index is 12.5. The van der Waals surface area contributed by atoms with E-state index >= 15 is 0 Å². The van der Waals surface area contributed by atoms with Crippen molar-refractivity contribution < 1.29 is 33.3 Å². The van der Waals surface area contributed by atoms with E-state index in [0.717, 1.165) is 0 Å². The molecule has 1 aliphatic rings. The molecule has 1 aromatic rings. The highest BCUT2D eigenvalue weighted by atomic mass is 16.5. The molecular formula is C20H26N2O7. The van der Waals surface area contributed by atoms with Gasteiger partial charge in [-0.25, -0.2) is 14.4 Å². The average molecular weight is 406 g/mol. The predicted octanol–water partition coefficient (Wildman–Crippen LogP) is 2.16. The Hall–Kier alpha value is -3.23. The van der Waals surface area contributed by atoms with Gasteiger partial charge in [0.25, 0.3) is 0 Å². The van der Waals surface area contributed by atoms with Crippen LogP contribution in [0.2, 0.25) is 0 Å². The molecule has 0 saturated heterocycles. The Morgan fingerprint density at radius 3 is 2.41 bits per heavy atom. The third-order valence-corrected chi connectivity index (χ3v) is 4.19. The van der Waals surface area contributed by atoms with Crippen molar-refractivity contribution in [1.29, 1.82) is 0 Å². The summed E-state index contributed by atoms with van der Waals surface area (Å²) in [7, 11) is 1.47. The number of ether oxygens (including phenoxy) is 4. The molecule has 9 nitrogen and oxygen atoms in total. The third-order valence-electron chi connectivity index (χ3n) is 4.19. The van der Waals surface area contributed by atoms with E-state index in [4.69, 9.17) is 18.9 Å². The van der Waals surface area contributed by atoms with E-state index in [0.29, 0.717) is 24.5 Å². The zero-order valence-electron chi connectivity index (χ0n) is 17.0. The molecule has 9 heteroatoms. The van der Waals surface area contributed by atoms with Gasteiger partial charge in [-0.2, -0.15) is 0 Å². The molecule has 2 N–H and O–H groups in total. The molecule has 2 amide bonds.